The first-order valence-electron chi connectivity index (χ1n) is 12.1. The lowest BCUT2D eigenvalue weighted by atomic mass is 10.1. The molecular weight excluding hydrogens is 444 g/mol. The molecule has 0 saturated heterocycles. The molecule has 2 aromatic heterocycles. The number of amides is 1. The van der Waals surface area contributed by atoms with Crippen LogP contribution in [0.4, 0.5) is 0 Å². The minimum Gasteiger partial charge on any atom is -0.347 e. The van der Waals surface area contributed by atoms with Crippen molar-refractivity contribution in [1.29, 1.82) is 0 Å². The van der Waals surface area contributed by atoms with E-state index in [2.05, 4.69) is 64.7 Å². The summed E-state index contributed by atoms with van der Waals surface area (Å²) in [6.45, 7) is 11.1. The van der Waals surface area contributed by atoms with Crippen LogP contribution in [-0.4, -0.2) is 60.0 Å². The fraction of sp³-hybridized carbons (Fsp3) is 0.500. The van der Waals surface area contributed by atoms with Crippen LogP contribution >= 0.6 is 11.8 Å². The second kappa shape index (κ2) is 13.3. The zero-order valence-corrected chi connectivity index (χ0v) is 21.6. The summed E-state index contributed by atoms with van der Waals surface area (Å²) in [6, 6.07) is 9.19. The summed E-state index contributed by atoms with van der Waals surface area (Å²) in [5.41, 5.74) is 1.92. The molecule has 0 atom stereocenters. The fourth-order valence-corrected chi connectivity index (χ4v) is 5.04. The van der Waals surface area contributed by atoms with Crippen molar-refractivity contribution in [3.63, 3.8) is 0 Å². The predicted octanol–water partition coefficient (Wildman–Crippen LogP) is 5.11. The summed E-state index contributed by atoms with van der Waals surface area (Å²) in [4.78, 5) is 32.2. The van der Waals surface area contributed by atoms with Gasteiger partial charge in [-0.25, -0.2) is 9.97 Å². The van der Waals surface area contributed by atoms with Crippen molar-refractivity contribution >= 4 is 17.7 Å². The molecule has 0 spiro atoms. The Bertz CT molecular complexity index is 910. The average Bonchev–Trinajstić information content (AvgIpc) is 3.52. The van der Waals surface area contributed by atoms with Crippen LogP contribution in [0.3, 0.4) is 0 Å². The van der Waals surface area contributed by atoms with E-state index in [1.54, 1.807) is 29.7 Å². The van der Waals surface area contributed by atoms with E-state index < -0.39 is 0 Å². The van der Waals surface area contributed by atoms with Crippen molar-refractivity contribution in [3.8, 4) is 0 Å². The van der Waals surface area contributed by atoms with Crippen molar-refractivity contribution in [2.45, 2.75) is 71.5 Å². The van der Waals surface area contributed by atoms with E-state index in [1.165, 1.54) is 24.9 Å². The lowest BCUT2D eigenvalue weighted by molar-refractivity contribution is 0.0721. The number of aromatic nitrogens is 4. The number of benzene rings is 1. The first kappa shape index (κ1) is 26.0. The molecule has 7 nitrogen and oxygen atoms in total. The molecule has 1 amide bonds. The minimum absolute atomic E-state index is 0.0353. The number of thioether (sulfide) groups is 1. The van der Waals surface area contributed by atoms with Gasteiger partial charge in [0.25, 0.3) is 5.91 Å². The molecule has 0 radical (unpaired) electrons. The molecule has 0 aliphatic rings. The Morgan fingerprint density at radius 1 is 0.912 bits per heavy atom. The lowest BCUT2D eigenvalue weighted by Gasteiger charge is -2.30. The highest BCUT2D eigenvalue weighted by atomic mass is 32.2. The quantitative estimate of drug-likeness (QED) is 0.312. The summed E-state index contributed by atoms with van der Waals surface area (Å²) < 4.78 is 0. The molecule has 2 heterocycles. The molecule has 0 bridgehead atoms. The molecule has 0 fully saturated rings. The van der Waals surface area contributed by atoms with Crippen molar-refractivity contribution in [3.05, 3.63) is 71.8 Å². The highest BCUT2D eigenvalue weighted by Crippen LogP contribution is 2.17. The number of aromatic amines is 2. The average molecular weight is 483 g/mol. The van der Waals surface area contributed by atoms with E-state index in [0.717, 1.165) is 23.2 Å². The van der Waals surface area contributed by atoms with Crippen LogP contribution in [0.5, 0.6) is 0 Å². The number of hydrogen-bond donors (Lipinski definition) is 2. The summed E-state index contributed by atoms with van der Waals surface area (Å²) in [5.74, 6) is 3.59. The maximum Gasteiger partial charge on any atom is 0.254 e. The van der Waals surface area contributed by atoms with Crippen molar-refractivity contribution in [2.75, 3.05) is 12.3 Å². The zero-order chi connectivity index (χ0) is 24.3. The number of nitrogens with one attached hydrogen (secondary N) is 2. The Hall–Kier alpha value is -2.58. The third kappa shape index (κ3) is 8.02. The molecule has 0 saturated carbocycles. The number of hydrogen-bond acceptors (Lipinski definition) is 5. The molecule has 0 aliphatic carbocycles. The van der Waals surface area contributed by atoms with Crippen LogP contribution in [0.2, 0.25) is 0 Å². The molecule has 2 N–H and O–H groups in total. The van der Waals surface area contributed by atoms with Crippen LogP contribution in [0, 0.1) is 0 Å². The Morgan fingerprint density at radius 2 is 1.50 bits per heavy atom. The first-order valence-corrected chi connectivity index (χ1v) is 13.3. The molecular formula is C26H38N6OS. The van der Waals surface area contributed by atoms with Gasteiger partial charge in [-0.15, -0.1) is 0 Å². The number of nitrogens with zero attached hydrogens (tertiary/aromatic N) is 4. The number of H-pyrrole nitrogens is 2. The van der Waals surface area contributed by atoms with E-state index in [9.17, 15) is 4.79 Å². The molecule has 1 aromatic carbocycles. The lowest BCUT2D eigenvalue weighted by Crippen LogP contribution is -2.37. The van der Waals surface area contributed by atoms with Crippen molar-refractivity contribution < 1.29 is 4.79 Å². The van der Waals surface area contributed by atoms with Gasteiger partial charge in [-0.1, -0.05) is 12.1 Å². The zero-order valence-electron chi connectivity index (χ0n) is 20.8. The standard InChI is InChI=1S/C26H38N6OS/c1-20(2)32(21(3)4)15-5-6-16-34-19-22-7-9-23(10-8-22)26(33)31(17-24-27-11-12-28-24)18-25-29-13-14-30-25/h7-14,20-21H,5-6,15-19H2,1-4H3,(H,27,28)(H,29,30). The first-order chi connectivity index (χ1) is 16.4. The molecule has 184 valence electrons. The van der Waals surface area contributed by atoms with Gasteiger partial charge in [-0.2, -0.15) is 11.8 Å². The van der Waals surface area contributed by atoms with Crippen LogP contribution in [-0.2, 0) is 18.8 Å². The van der Waals surface area contributed by atoms with Gasteiger partial charge in [0.05, 0.1) is 13.1 Å². The van der Waals surface area contributed by atoms with Crippen molar-refractivity contribution in [1.82, 2.24) is 29.7 Å². The topological polar surface area (TPSA) is 80.9 Å². The number of unbranched alkanes of at least 4 members (excludes halogenated alkanes) is 1. The summed E-state index contributed by atoms with van der Waals surface area (Å²) in [6.07, 6.45) is 9.39. The number of imidazole rings is 2. The van der Waals surface area contributed by atoms with Crippen LogP contribution < -0.4 is 0 Å². The highest BCUT2D eigenvalue weighted by molar-refractivity contribution is 7.98. The smallest absolute Gasteiger partial charge is 0.254 e. The van der Waals surface area contributed by atoms with Crippen LogP contribution in [0.15, 0.2) is 49.1 Å². The maximum absolute atomic E-state index is 13.2. The van der Waals surface area contributed by atoms with Crippen molar-refractivity contribution in [2.24, 2.45) is 0 Å². The van der Waals surface area contributed by atoms with Crippen LogP contribution in [0.25, 0.3) is 0 Å². The van der Waals surface area contributed by atoms with E-state index in [1.807, 2.05) is 23.9 Å². The van der Waals surface area contributed by atoms with Gasteiger partial charge in [0.15, 0.2) is 0 Å². The largest absolute Gasteiger partial charge is 0.347 e. The van der Waals surface area contributed by atoms with E-state index in [4.69, 9.17) is 0 Å². The fourth-order valence-electron chi connectivity index (χ4n) is 4.06. The monoisotopic (exact) mass is 482 g/mol. The van der Waals surface area contributed by atoms with Gasteiger partial charge < -0.3 is 14.9 Å². The number of carbonyl (C=O) groups is 1. The summed E-state index contributed by atoms with van der Waals surface area (Å²) in [5, 5.41) is 0. The highest BCUT2D eigenvalue weighted by Gasteiger charge is 2.19. The second-order valence-corrected chi connectivity index (χ2v) is 10.2. The summed E-state index contributed by atoms with van der Waals surface area (Å²) >= 11 is 1.96. The van der Waals surface area contributed by atoms with Crippen LogP contribution in [0.1, 0.15) is 68.1 Å². The normalized spacial score (nSPS) is 11.6. The van der Waals surface area contributed by atoms with E-state index in [0.29, 0.717) is 30.7 Å². The van der Waals surface area contributed by atoms with E-state index >= 15 is 0 Å². The summed E-state index contributed by atoms with van der Waals surface area (Å²) in [7, 11) is 0. The molecule has 0 aliphatic heterocycles. The van der Waals surface area contributed by atoms with Gasteiger partial charge in [-0.3, -0.25) is 9.69 Å². The Balaban J connectivity index is 1.47. The van der Waals surface area contributed by atoms with Gasteiger partial charge in [0.2, 0.25) is 0 Å². The second-order valence-electron chi connectivity index (χ2n) is 9.11. The molecule has 3 rings (SSSR count). The number of rotatable bonds is 14. The van der Waals surface area contributed by atoms with Gasteiger partial charge in [0.1, 0.15) is 11.6 Å². The molecule has 3 aromatic rings. The Labute approximate surface area is 207 Å². The Morgan fingerprint density at radius 3 is 2.00 bits per heavy atom. The molecule has 0 unspecified atom stereocenters. The van der Waals surface area contributed by atoms with Gasteiger partial charge in [0, 0.05) is 48.2 Å². The van der Waals surface area contributed by atoms with Gasteiger partial charge in [-0.05, 0) is 70.5 Å². The molecule has 34 heavy (non-hydrogen) atoms. The number of carbonyl (C=O) groups excluding carboxylic acids is 1. The third-order valence-electron chi connectivity index (χ3n) is 5.83. The Kier molecular flexibility index (Phi) is 10.2. The van der Waals surface area contributed by atoms with Gasteiger partial charge >= 0.3 is 0 Å². The minimum atomic E-state index is -0.0353. The predicted molar refractivity (Wildman–Crippen MR) is 140 cm³/mol. The van der Waals surface area contributed by atoms with E-state index in [-0.39, 0.29) is 5.91 Å². The third-order valence-corrected chi connectivity index (χ3v) is 6.94. The SMILES string of the molecule is CC(C)N(CCCCSCc1ccc(C(=O)N(Cc2ncc[nH]2)Cc2ncc[nH]2)cc1)C(C)C. The maximum atomic E-state index is 13.2. The molecule has 8 heteroatoms.